The Hall–Kier alpha value is -2.57. The summed E-state index contributed by atoms with van der Waals surface area (Å²) in [6.45, 7) is 7.24. The second-order valence-corrected chi connectivity index (χ2v) is 8.33. The molecule has 1 fully saturated rings. The fourth-order valence-corrected chi connectivity index (χ4v) is 3.96. The van der Waals surface area contributed by atoms with E-state index in [4.69, 9.17) is 21.7 Å². The molecule has 150 valence electrons. The molecule has 6 heteroatoms. The number of para-hydroxylation sites is 2. The van der Waals surface area contributed by atoms with E-state index in [2.05, 4.69) is 13.5 Å². The van der Waals surface area contributed by atoms with E-state index in [0.29, 0.717) is 29.0 Å². The van der Waals surface area contributed by atoms with Crippen LogP contribution in [0, 0.1) is 5.92 Å². The van der Waals surface area contributed by atoms with Gasteiger partial charge in [-0.3, -0.25) is 9.69 Å². The van der Waals surface area contributed by atoms with E-state index in [-0.39, 0.29) is 11.8 Å². The van der Waals surface area contributed by atoms with Gasteiger partial charge >= 0.3 is 0 Å². The average molecular weight is 426 g/mol. The Morgan fingerprint density at radius 3 is 2.55 bits per heavy atom. The fourth-order valence-electron chi connectivity index (χ4n) is 2.69. The number of carbonyl (C=O) groups excluding carboxylic acids is 1. The van der Waals surface area contributed by atoms with Crippen LogP contribution in [0.15, 0.2) is 72.2 Å². The van der Waals surface area contributed by atoms with Crippen LogP contribution in [0.1, 0.15) is 12.5 Å². The average Bonchev–Trinajstić information content (AvgIpc) is 3.00. The van der Waals surface area contributed by atoms with E-state index in [1.165, 1.54) is 11.8 Å². The lowest BCUT2D eigenvalue weighted by atomic mass is 10.1. The van der Waals surface area contributed by atoms with Crippen molar-refractivity contribution >= 4 is 40.3 Å². The molecule has 0 aliphatic carbocycles. The summed E-state index contributed by atoms with van der Waals surface area (Å²) in [5, 5.41) is 0. The number of nitrogens with zero attached hydrogens (tertiary/aromatic N) is 1. The molecule has 0 bridgehead atoms. The molecule has 1 aliphatic rings. The van der Waals surface area contributed by atoms with Gasteiger partial charge in [-0.05, 0) is 24.3 Å². The molecule has 4 nitrogen and oxygen atoms in total. The summed E-state index contributed by atoms with van der Waals surface area (Å²) in [6.07, 6.45) is 3.51. The third-order valence-corrected chi connectivity index (χ3v) is 5.57. The third kappa shape index (κ3) is 5.71. The van der Waals surface area contributed by atoms with Crippen molar-refractivity contribution in [1.82, 2.24) is 4.90 Å². The summed E-state index contributed by atoms with van der Waals surface area (Å²) in [7, 11) is 0. The molecule has 2 aromatic carbocycles. The first-order chi connectivity index (χ1) is 14.1. The number of amides is 1. The van der Waals surface area contributed by atoms with Gasteiger partial charge in [0.1, 0.15) is 15.8 Å². The standard InChI is InChI=1S/C23H23NO3S2/c1-3-13-24-22(25)21(29-23(24)28)14-18-9-7-8-12-20(18)27-16-17(2)15-26-19-10-5-4-6-11-19/h3-12,14,17H,1,13,15-16H2,2H3/b21-14+. The second-order valence-electron chi connectivity index (χ2n) is 6.66. The van der Waals surface area contributed by atoms with Crippen LogP contribution in [-0.4, -0.2) is 34.9 Å². The van der Waals surface area contributed by atoms with Crippen molar-refractivity contribution < 1.29 is 14.3 Å². The molecule has 0 N–H and O–H groups in total. The Morgan fingerprint density at radius 1 is 1.10 bits per heavy atom. The summed E-state index contributed by atoms with van der Waals surface area (Å²) in [5.74, 6) is 1.68. The summed E-state index contributed by atoms with van der Waals surface area (Å²) >= 11 is 6.60. The molecule has 0 spiro atoms. The minimum Gasteiger partial charge on any atom is -0.493 e. The van der Waals surface area contributed by atoms with Crippen LogP contribution in [0.2, 0.25) is 0 Å². The maximum absolute atomic E-state index is 12.6. The first-order valence-electron chi connectivity index (χ1n) is 9.34. The van der Waals surface area contributed by atoms with Gasteiger partial charge in [0.25, 0.3) is 5.91 Å². The molecule has 0 saturated carbocycles. The van der Waals surface area contributed by atoms with Crippen LogP contribution in [-0.2, 0) is 4.79 Å². The summed E-state index contributed by atoms with van der Waals surface area (Å²) in [6, 6.07) is 17.4. The number of thioether (sulfide) groups is 1. The molecule has 0 radical (unpaired) electrons. The molecule has 1 atom stereocenters. The molecular weight excluding hydrogens is 402 g/mol. The SMILES string of the molecule is C=CCN1C(=O)/C(=C\c2ccccc2OCC(C)COc2ccccc2)SC1=S. The highest BCUT2D eigenvalue weighted by atomic mass is 32.2. The number of benzene rings is 2. The lowest BCUT2D eigenvalue weighted by molar-refractivity contribution is -0.121. The van der Waals surface area contributed by atoms with Crippen molar-refractivity contribution in [3.05, 3.63) is 77.7 Å². The van der Waals surface area contributed by atoms with Crippen molar-refractivity contribution in [2.45, 2.75) is 6.92 Å². The third-order valence-electron chi connectivity index (χ3n) is 4.19. The van der Waals surface area contributed by atoms with Gasteiger partial charge in [0.15, 0.2) is 0 Å². The zero-order valence-electron chi connectivity index (χ0n) is 16.2. The van der Waals surface area contributed by atoms with Gasteiger partial charge in [-0.15, -0.1) is 6.58 Å². The maximum Gasteiger partial charge on any atom is 0.266 e. The monoisotopic (exact) mass is 425 g/mol. The van der Waals surface area contributed by atoms with Crippen molar-refractivity contribution in [2.75, 3.05) is 19.8 Å². The Labute approximate surface area is 181 Å². The highest BCUT2D eigenvalue weighted by molar-refractivity contribution is 8.26. The van der Waals surface area contributed by atoms with Crippen molar-refractivity contribution in [1.29, 1.82) is 0 Å². The van der Waals surface area contributed by atoms with E-state index in [1.807, 2.05) is 60.7 Å². The van der Waals surface area contributed by atoms with Gasteiger partial charge in [0.05, 0.1) is 18.1 Å². The largest absolute Gasteiger partial charge is 0.493 e. The van der Waals surface area contributed by atoms with Crippen LogP contribution in [0.25, 0.3) is 6.08 Å². The van der Waals surface area contributed by atoms with Crippen LogP contribution < -0.4 is 9.47 Å². The summed E-state index contributed by atoms with van der Waals surface area (Å²) in [4.78, 5) is 14.7. The number of carbonyl (C=O) groups is 1. The molecule has 29 heavy (non-hydrogen) atoms. The summed E-state index contributed by atoms with van der Waals surface area (Å²) < 4.78 is 12.4. The van der Waals surface area contributed by atoms with E-state index >= 15 is 0 Å². The number of rotatable bonds is 9. The maximum atomic E-state index is 12.6. The molecule has 1 saturated heterocycles. The van der Waals surface area contributed by atoms with Gasteiger partial charge in [0, 0.05) is 18.0 Å². The zero-order chi connectivity index (χ0) is 20.6. The Morgan fingerprint density at radius 2 is 1.79 bits per heavy atom. The smallest absolute Gasteiger partial charge is 0.266 e. The topological polar surface area (TPSA) is 38.8 Å². The second kappa shape index (κ2) is 10.3. The zero-order valence-corrected chi connectivity index (χ0v) is 17.9. The molecule has 2 aromatic rings. The van der Waals surface area contributed by atoms with Gasteiger partial charge in [0.2, 0.25) is 0 Å². The number of hydrogen-bond donors (Lipinski definition) is 0. The van der Waals surface area contributed by atoms with E-state index in [0.717, 1.165) is 17.1 Å². The highest BCUT2D eigenvalue weighted by Gasteiger charge is 2.31. The predicted octanol–water partition coefficient (Wildman–Crippen LogP) is 5.17. The van der Waals surface area contributed by atoms with Crippen molar-refractivity contribution in [3.63, 3.8) is 0 Å². The normalized spacial score (nSPS) is 16.2. The molecule has 1 aliphatic heterocycles. The van der Waals surface area contributed by atoms with Gasteiger partial charge in [-0.2, -0.15) is 0 Å². The molecular formula is C23H23NO3S2. The Balaban J connectivity index is 1.62. The van der Waals surface area contributed by atoms with E-state index in [9.17, 15) is 4.79 Å². The van der Waals surface area contributed by atoms with E-state index in [1.54, 1.807) is 11.0 Å². The molecule has 1 amide bonds. The fraction of sp³-hybridized carbons (Fsp3) is 0.217. The van der Waals surface area contributed by atoms with Crippen molar-refractivity contribution in [2.24, 2.45) is 5.92 Å². The number of ether oxygens (including phenoxy) is 2. The van der Waals surface area contributed by atoms with Crippen LogP contribution in [0.3, 0.4) is 0 Å². The predicted molar refractivity (Wildman–Crippen MR) is 123 cm³/mol. The number of hydrogen-bond acceptors (Lipinski definition) is 5. The summed E-state index contributed by atoms with van der Waals surface area (Å²) in [5.41, 5.74) is 0.850. The lowest BCUT2D eigenvalue weighted by Crippen LogP contribution is -2.27. The Kier molecular flexibility index (Phi) is 7.49. The molecule has 0 aromatic heterocycles. The first kappa shape index (κ1) is 21.1. The molecule has 1 unspecified atom stereocenters. The quantitative estimate of drug-likeness (QED) is 0.315. The van der Waals surface area contributed by atoms with Crippen LogP contribution in [0.4, 0.5) is 0 Å². The van der Waals surface area contributed by atoms with Crippen LogP contribution >= 0.6 is 24.0 Å². The Bertz CT molecular complexity index is 911. The van der Waals surface area contributed by atoms with Gasteiger partial charge in [-0.1, -0.05) is 73.4 Å². The highest BCUT2D eigenvalue weighted by Crippen LogP contribution is 2.34. The number of thiocarbonyl (C=S) groups is 1. The molecule has 1 heterocycles. The van der Waals surface area contributed by atoms with Gasteiger partial charge < -0.3 is 9.47 Å². The van der Waals surface area contributed by atoms with Crippen molar-refractivity contribution in [3.8, 4) is 11.5 Å². The first-order valence-corrected chi connectivity index (χ1v) is 10.6. The minimum atomic E-state index is -0.0978. The minimum absolute atomic E-state index is 0.0978. The molecule has 3 rings (SSSR count). The van der Waals surface area contributed by atoms with Crippen LogP contribution in [0.5, 0.6) is 11.5 Å². The van der Waals surface area contributed by atoms with E-state index < -0.39 is 0 Å². The van der Waals surface area contributed by atoms with Gasteiger partial charge in [-0.25, -0.2) is 0 Å². The lowest BCUT2D eigenvalue weighted by Gasteiger charge is -2.15.